The lowest BCUT2D eigenvalue weighted by atomic mass is 10.4. The van der Waals surface area contributed by atoms with Crippen molar-refractivity contribution in [3.05, 3.63) is 12.3 Å². The molecule has 1 N–H and O–H groups in total. The Kier molecular flexibility index (Phi) is 6.37. The number of nitrogens with zero attached hydrogens (tertiary/aromatic N) is 1. The number of carbonyl (C=O) groups is 3. The zero-order valence-corrected chi connectivity index (χ0v) is 12.6. The molecule has 0 aromatic heterocycles. The summed E-state index contributed by atoms with van der Waals surface area (Å²) in [6.45, 7) is 6.46. The minimum atomic E-state index is -0.761. The third kappa shape index (κ3) is 4.23. The third-order valence-electron chi connectivity index (χ3n) is 2.53. The Morgan fingerprint density at radius 2 is 2.45 bits per heavy atom. The summed E-state index contributed by atoms with van der Waals surface area (Å²) in [7, 11) is 0. The summed E-state index contributed by atoms with van der Waals surface area (Å²) in [6, 6.07) is 0. The van der Waals surface area contributed by atoms with Crippen LogP contribution in [0, 0.1) is 0 Å². The van der Waals surface area contributed by atoms with Crippen LogP contribution in [-0.2, 0) is 22.7 Å². The Balaban J connectivity index is 2.54. The van der Waals surface area contributed by atoms with Crippen LogP contribution in [0.5, 0.6) is 0 Å². The Morgan fingerprint density at radius 1 is 1.70 bits per heavy atom. The number of amides is 3. The second-order valence-corrected chi connectivity index (χ2v) is 5.13. The van der Waals surface area contributed by atoms with Gasteiger partial charge in [-0.15, -0.1) is 0 Å². The summed E-state index contributed by atoms with van der Waals surface area (Å²) >= 11 is 1.06. The molecule has 1 aliphatic rings. The summed E-state index contributed by atoms with van der Waals surface area (Å²) < 4.78 is 16.5. The molecule has 0 aromatic rings. The van der Waals surface area contributed by atoms with Gasteiger partial charge in [-0.05, 0) is 19.7 Å². The lowest BCUT2D eigenvalue weighted by molar-refractivity contribution is -0.138. The highest BCUT2D eigenvalue weighted by Crippen LogP contribution is 2.28. The van der Waals surface area contributed by atoms with Crippen molar-refractivity contribution in [1.82, 2.24) is 10.2 Å². The van der Waals surface area contributed by atoms with E-state index >= 15 is 0 Å². The van der Waals surface area contributed by atoms with Crippen LogP contribution in [0.25, 0.3) is 0 Å². The molecule has 0 aromatic carbocycles. The Morgan fingerprint density at radius 3 is 3.10 bits per heavy atom. The van der Waals surface area contributed by atoms with Crippen LogP contribution in [0.1, 0.15) is 13.3 Å². The number of ether oxygens (including phenoxy) is 1. The van der Waals surface area contributed by atoms with Crippen molar-refractivity contribution < 1.29 is 22.7 Å². The SMILES string of the molecule is [3H]SOSC1CC(=O)N(C(=C)C(=O)NCCOCC)C1=O. The van der Waals surface area contributed by atoms with Crippen molar-refractivity contribution in [2.45, 2.75) is 18.6 Å². The van der Waals surface area contributed by atoms with E-state index < -0.39 is 23.0 Å². The van der Waals surface area contributed by atoms with Gasteiger partial charge < -0.3 is 10.1 Å². The summed E-state index contributed by atoms with van der Waals surface area (Å²) in [5.74, 6) is -1.68. The molecule has 20 heavy (non-hydrogen) atoms. The van der Waals surface area contributed by atoms with Gasteiger partial charge in [0.15, 0.2) is 0 Å². The fourth-order valence-electron chi connectivity index (χ4n) is 1.59. The van der Waals surface area contributed by atoms with E-state index in [1.54, 1.807) is 0 Å². The summed E-state index contributed by atoms with van der Waals surface area (Å²) in [5.41, 5.74) is -0.219. The van der Waals surface area contributed by atoms with E-state index in [-0.39, 0.29) is 18.7 Å². The minimum absolute atomic E-state index is 0.0880. The molecule has 0 spiro atoms. The molecular formula is C11H16N2O5S2. The highest BCUT2D eigenvalue weighted by molar-refractivity contribution is 8.02. The van der Waals surface area contributed by atoms with Crippen LogP contribution >= 0.6 is 24.9 Å². The van der Waals surface area contributed by atoms with Crippen LogP contribution in [0.3, 0.4) is 0 Å². The molecule has 0 bridgehead atoms. The number of hydrogen-bond acceptors (Lipinski definition) is 7. The first-order valence-electron chi connectivity index (χ1n) is 6.30. The molecule has 1 saturated heterocycles. The molecule has 9 heteroatoms. The van der Waals surface area contributed by atoms with Crippen LogP contribution in [0.15, 0.2) is 12.3 Å². The van der Waals surface area contributed by atoms with Crippen molar-refractivity contribution in [1.29, 1.82) is 1.12 Å². The van der Waals surface area contributed by atoms with Gasteiger partial charge in [0.25, 0.3) is 5.91 Å². The molecular weight excluding hydrogens is 304 g/mol. The fourth-order valence-corrected chi connectivity index (χ4v) is 2.37. The number of carbonyl (C=O) groups excluding carboxylic acids is 3. The predicted molar refractivity (Wildman–Crippen MR) is 76.6 cm³/mol. The standard InChI is InChI=1S/C11H16N2O5S2/c1-3-17-5-4-12-10(15)7(2)13-9(14)6-8(11(13)16)20-18-19/h8,19H,2-6H2,1H3,(H,12,15)/i/hT. The molecule has 3 amide bonds. The molecule has 0 radical (unpaired) electrons. The van der Waals surface area contributed by atoms with E-state index in [2.05, 4.69) is 15.5 Å². The van der Waals surface area contributed by atoms with Gasteiger partial charge in [0.05, 0.1) is 13.0 Å². The maximum Gasteiger partial charge on any atom is 0.267 e. The number of rotatable bonds is 9. The average molecular weight is 322 g/mol. The van der Waals surface area contributed by atoms with Gasteiger partial charge in [-0.2, -0.15) is 0 Å². The smallest absolute Gasteiger partial charge is 0.267 e. The monoisotopic (exact) mass is 322 g/mol. The van der Waals surface area contributed by atoms with Gasteiger partial charge in [-0.25, -0.2) is 8.53 Å². The maximum absolute atomic E-state index is 12.0. The highest BCUT2D eigenvalue weighted by atomic mass is 32.2. The maximum atomic E-state index is 12.0. The second-order valence-electron chi connectivity index (χ2n) is 3.82. The molecule has 1 rings (SSSR count). The quantitative estimate of drug-likeness (QED) is 0.209. The predicted octanol–water partition coefficient (Wildman–Crippen LogP) is 0.290. The Hall–Kier alpha value is -1.03. The number of imide groups is 1. The normalized spacial score (nSPS) is 19.1. The number of nitrogens with one attached hydrogen (secondary N) is 1. The van der Waals surface area contributed by atoms with Crippen molar-refractivity contribution in [2.24, 2.45) is 0 Å². The van der Waals surface area contributed by atoms with E-state index in [0.717, 1.165) is 16.9 Å². The van der Waals surface area contributed by atoms with E-state index in [1.165, 1.54) is 0 Å². The van der Waals surface area contributed by atoms with Crippen molar-refractivity contribution in [2.75, 3.05) is 19.8 Å². The molecule has 1 heterocycles. The van der Waals surface area contributed by atoms with Crippen LogP contribution < -0.4 is 5.32 Å². The van der Waals surface area contributed by atoms with E-state index in [4.69, 9.17) is 5.86 Å². The Labute approximate surface area is 127 Å². The van der Waals surface area contributed by atoms with Gasteiger partial charge in [0.2, 0.25) is 11.8 Å². The van der Waals surface area contributed by atoms with Crippen LogP contribution in [0.2, 0.25) is 0 Å². The molecule has 1 atom stereocenters. The largest absolute Gasteiger partial charge is 0.380 e. The molecule has 1 unspecified atom stereocenters. The fraction of sp³-hybridized carbons (Fsp3) is 0.545. The van der Waals surface area contributed by atoms with Crippen LogP contribution in [0.4, 0.5) is 0 Å². The summed E-state index contributed by atoms with van der Waals surface area (Å²) in [4.78, 5) is 36.4. The lowest BCUT2D eigenvalue weighted by Gasteiger charge is -2.16. The number of thiol groups is 1. The molecule has 1 aliphatic heterocycles. The summed E-state index contributed by atoms with van der Waals surface area (Å²) in [6.07, 6.45) is -0.0880. The van der Waals surface area contributed by atoms with E-state index in [9.17, 15) is 14.4 Å². The van der Waals surface area contributed by atoms with Gasteiger partial charge in [0.1, 0.15) is 12.1 Å². The molecule has 112 valence electrons. The first-order valence-corrected chi connectivity index (χ1v) is 7.03. The number of hydrogen-bond donors (Lipinski definition) is 2. The molecule has 0 saturated carbocycles. The topological polar surface area (TPSA) is 84.9 Å². The van der Waals surface area contributed by atoms with Gasteiger partial charge >= 0.3 is 0 Å². The van der Waals surface area contributed by atoms with Crippen molar-refractivity contribution >= 4 is 42.6 Å². The molecule has 0 aliphatic carbocycles. The first kappa shape index (κ1) is 15.4. The summed E-state index contributed by atoms with van der Waals surface area (Å²) in [5, 5.41) is 1.75. The lowest BCUT2D eigenvalue weighted by Crippen LogP contribution is -2.39. The number of likely N-dealkylation sites (tertiary alicyclic amines) is 1. The van der Waals surface area contributed by atoms with Gasteiger partial charge in [-0.3, -0.25) is 14.4 Å². The van der Waals surface area contributed by atoms with E-state index in [1.807, 2.05) is 6.92 Å². The minimum Gasteiger partial charge on any atom is -0.380 e. The average Bonchev–Trinajstić information content (AvgIpc) is 2.74. The second kappa shape index (κ2) is 8.30. The van der Waals surface area contributed by atoms with Gasteiger partial charge in [-0.1, -0.05) is 6.58 Å². The molecule has 1 fully saturated rings. The van der Waals surface area contributed by atoms with E-state index in [0.29, 0.717) is 26.0 Å². The van der Waals surface area contributed by atoms with Crippen LogP contribution in [-0.4, -0.2) is 48.8 Å². The first-order chi connectivity index (χ1) is 10.0. The zero-order valence-electron chi connectivity index (χ0n) is 11.9. The Bertz CT molecular complexity index is 435. The van der Waals surface area contributed by atoms with Crippen molar-refractivity contribution in [3.8, 4) is 0 Å². The highest BCUT2D eigenvalue weighted by Gasteiger charge is 2.42. The molecule has 7 nitrogen and oxygen atoms in total. The van der Waals surface area contributed by atoms with Gasteiger partial charge in [0, 0.05) is 25.2 Å². The van der Waals surface area contributed by atoms with Crippen molar-refractivity contribution in [3.63, 3.8) is 0 Å². The third-order valence-corrected chi connectivity index (χ3v) is 3.44. The zero-order chi connectivity index (χ0) is 15.8.